The fraction of sp³-hybridized carbons (Fsp3) is 0.300. The second-order valence-electron chi connectivity index (χ2n) is 6.81. The molecule has 2 heterocycles. The van der Waals surface area contributed by atoms with Crippen LogP contribution in [0.15, 0.2) is 53.6 Å². The highest BCUT2D eigenvalue weighted by Gasteiger charge is 2.60. The van der Waals surface area contributed by atoms with Gasteiger partial charge in [0.05, 0.1) is 6.54 Å². The van der Waals surface area contributed by atoms with Crippen LogP contribution in [-0.4, -0.2) is 42.2 Å². The first-order valence-corrected chi connectivity index (χ1v) is 9.20. The zero-order valence-electron chi connectivity index (χ0n) is 15.2. The zero-order valence-corrected chi connectivity index (χ0v) is 16.0. The highest BCUT2D eigenvalue weighted by Crippen LogP contribution is 2.58. The highest BCUT2D eigenvalue weighted by atomic mass is 35.5. The molecule has 2 aromatic rings. The van der Waals surface area contributed by atoms with Gasteiger partial charge >= 0.3 is 5.97 Å². The van der Waals surface area contributed by atoms with E-state index in [0.717, 1.165) is 11.1 Å². The highest BCUT2D eigenvalue weighted by molar-refractivity contribution is 6.31. The lowest BCUT2D eigenvalue weighted by Crippen LogP contribution is -2.34. The molecule has 28 heavy (non-hydrogen) atoms. The van der Waals surface area contributed by atoms with Gasteiger partial charge in [0, 0.05) is 17.5 Å². The van der Waals surface area contributed by atoms with Gasteiger partial charge in [-0.2, -0.15) is 5.10 Å². The molecule has 2 aromatic carbocycles. The van der Waals surface area contributed by atoms with E-state index in [9.17, 15) is 9.18 Å². The van der Waals surface area contributed by atoms with Gasteiger partial charge in [-0.3, -0.25) is 9.80 Å². The molecule has 0 bridgehead atoms. The molecule has 1 saturated heterocycles. The van der Waals surface area contributed by atoms with Crippen molar-refractivity contribution >= 4 is 23.9 Å². The molecule has 2 aliphatic heterocycles. The van der Waals surface area contributed by atoms with E-state index in [4.69, 9.17) is 21.1 Å². The van der Waals surface area contributed by atoms with Crippen LogP contribution in [-0.2, 0) is 19.9 Å². The zero-order chi connectivity index (χ0) is 19.7. The Hall–Kier alpha value is -2.64. The van der Waals surface area contributed by atoms with Crippen LogP contribution in [0, 0.1) is 5.82 Å². The van der Waals surface area contributed by atoms with Crippen molar-refractivity contribution < 1.29 is 18.7 Å². The van der Waals surface area contributed by atoms with E-state index in [-0.39, 0.29) is 24.6 Å². The van der Waals surface area contributed by atoms with Gasteiger partial charge in [0.1, 0.15) is 30.5 Å². The lowest BCUT2D eigenvalue weighted by atomic mass is 9.91. The minimum Gasteiger partial charge on any atom is -0.444 e. The van der Waals surface area contributed by atoms with Crippen molar-refractivity contribution in [3.8, 4) is 0 Å². The van der Waals surface area contributed by atoms with Gasteiger partial charge in [-0.1, -0.05) is 41.9 Å². The second kappa shape index (κ2) is 7.41. The minimum atomic E-state index is -0.687. The van der Waals surface area contributed by atoms with Crippen LogP contribution < -0.4 is 0 Å². The molecule has 0 spiro atoms. The standard InChI is InChI=1S/C20H19ClFN3O3/c1-14(26)27-13-24-11-23-25(12-24)10-20(15-6-8-16(22)9-7-15)19(28-20)17-4-2-3-5-18(17)21/h2-9,11,19H,10,12-13H2,1H3. The molecule has 0 aromatic heterocycles. The van der Waals surface area contributed by atoms with E-state index in [1.54, 1.807) is 23.4 Å². The fourth-order valence-corrected chi connectivity index (χ4v) is 3.62. The number of esters is 1. The maximum Gasteiger partial charge on any atom is 0.304 e. The van der Waals surface area contributed by atoms with E-state index in [2.05, 4.69) is 5.10 Å². The van der Waals surface area contributed by atoms with Crippen LogP contribution in [0.2, 0.25) is 5.02 Å². The Labute approximate surface area is 167 Å². The summed E-state index contributed by atoms with van der Waals surface area (Å²) in [7, 11) is 0. The van der Waals surface area contributed by atoms with Gasteiger partial charge < -0.3 is 14.4 Å². The number of carbonyl (C=O) groups is 1. The summed E-state index contributed by atoms with van der Waals surface area (Å²) < 4.78 is 24.6. The number of hydrazone groups is 1. The molecule has 2 unspecified atom stereocenters. The number of rotatable bonds is 6. The molecule has 0 N–H and O–H groups in total. The Morgan fingerprint density at radius 2 is 2.07 bits per heavy atom. The molecule has 1 fully saturated rings. The lowest BCUT2D eigenvalue weighted by molar-refractivity contribution is -0.144. The molecule has 2 atom stereocenters. The molecular formula is C20H19ClFN3O3. The molecule has 4 rings (SSSR count). The van der Waals surface area contributed by atoms with E-state index < -0.39 is 5.60 Å². The summed E-state index contributed by atoms with van der Waals surface area (Å²) in [5, 5.41) is 6.82. The molecular weight excluding hydrogens is 385 g/mol. The predicted molar refractivity (Wildman–Crippen MR) is 102 cm³/mol. The maximum absolute atomic E-state index is 13.4. The third-order valence-corrected chi connectivity index (χ3v) is 5.13. The van der Waals surface area contributed by atoms with Gasteiger partial charge in [0.15, 0.2) is 6.73 Å². The van der Waals surface area contributed by atoms with Crippen LogP contribution in [0.1, 0.15) is 24.2 Å². The minimum absolute atomic E-state index is 0.133. The second-order valence-corrected chi connectivity index (χ2v) is 7.21. The number of benzene rings is 2. The average molecular weight is 404 g/mol. The molecule has 6 nitrogen and oxygen atoms in total. The van der Waals surface area contributed by atoms with E-state index in [0.29, 0.717) is 18.2 Å². The van der Waals surface area contributed by atoms with Gasteiger partial charge in [-0.25, -0.2) is 4.39 Å². The first-order chi connectivity index (χ1) is 13.5. The molecule has 2 aliphatic rings. The average Bonchev–Trinajstić information content (AvgIpc) is 3.20. The number of nitrogens with zero attached hydrogens (tertiary/aromatic N) is 3. The number of epoxide rings is 1. The summed E-state index contributed by atoms with van der Waals surface area (Å²) in [5.74, 6) is -0.653. The van der Waals surface area contributed by atoms with Crippen molar-refractivity contribution in [3.05, 3.63) is 70.5 Å². The summed E-state index contributed by atoms with van der Waals surface area (Å²) in [6.45, 7) is 2.39. The Morgan fingerprint density at radius 1 is 1.32 bits per heavy atom. The van der Waals surface area contributed by atoms with Crippen LogP contribution >= 0.6 is 11.6 Å². The SMILES string of the molecule is CC(=O)OCN1C=NN(CC2(c3ccc(F)cc3)OC2c2ccccc2Cl)C1. The first kappa shape index (κ1) is 18.7. The van der Waals surface area contributed by atoms with Crippen molar-refractivity contribution in [2.75, 3.05) is 19.9 Å². The lowest BCUT2D eigenvalue weighted by Gasteiger charge is -2.23. The van der Waals surface area contributed by atoms with E-state index in [1.807, 2.05) is 29.3 Å². The quantitative estimate of drug-likeness (QED) is 0.546. The smallest absolute Gasteiger partial charge is 0.304 e. The first-order valence-electron chi connectivity index (χ1n) is 8.83. The molecule has 0 amide bonds. The number of carbonyl (C=O) groups excluding carboxylic acids is 1. The third kappa shape index (κ3) is 3.68. The maximum atomic E-state index is 13.4. The van der Waals surface area contributed by atoms with Crippen molar-refractivity contribution in [3.63, 3.8) is 0 Å². The number of ether oxygens (including phenoxy) is 2. The summed E-state index contributed by atoms with van der Waals surface area (Å²) in [4.78, 5) is 12.8. The Morgan fingerprint density at radius 3 is 2.79 bits per heavy atom. The van der Waals surface area contributed by atoms with Crippen LogP contribution in [0.3, 0.4) is 0 Å². The van der Waals surface area contributed by atoms with Gasteiger partial charge in [-0.05, 0) is 23.8 Å². The topological polar surface area (TPSA) is 57.7 Å². The van der Waals surface area contributed by atoms with Crippen LogP contribution in [0.4, 0.5) is 4.39 Å². The molecule has 0 radical (unpaired) electrons. The number of hydrogen-bond donors (Lipinski definition) is 0. The summed E-state index contributed by atoms with van der Waals surface area (Å²) in [5.41, 5.74) is 1.05. The Kier molecular flexibility index (Phi) is 4.95. The van der Waals surface area contributed by atoms with Gasteiger partial charge in [-0.15, -0.1) is 0 Å². The molecule has 0 saturated carbocycles. The summed E-state index contributed by atoms with van der Waals surface area (Å²) >= 11 is 6.37. The molecule has 146 valence electrons. The predicted octanol–water partition coefficient (Wildman–Crippen LogP) is 3.48. The van der Waals surface area contributed by atoms with E-state index >= 15 is 0 Å². The number of hydrogen-bond acceptors (Lipinski definition) is 6. The summed E-state index contributed by atoms with van der Waals surface area (Å²) in [6, 6.07) is 13.8. The van der Waals surface area contributed by atoms with Crippen LogP contribution in [0.25, 0.3) is 0 Å². The molecule has 0 aliphatic carbocycles. The molecule has 8 heteroatoms. The normalized spacial score (nSPS) is 23.2. The largest absolute Gasteiger partial charge is 0.444 e. The monoisotopic (exact) mass is 403 g/mol. The third-order valence-electron chi connectivity index (χ3n) is 4.79. The van der Waals surface area contributed by atoms with Crippen molar-refractivity contribution in [2.45, 2.75) is 18.6 Å². The van der Waals surface area contributed by atoms with Crippen LogP contribution in [0.5, 0.6) is 0 Å². The fourth-order valence-electron chi connectivity index (χ4n) is 3.38. The Bertz CT molecular complexity index is 908. The van der Waals surface area contributed by atoms with E-state index in [1.165, 1.54) is 19.1 Å². The van der Waals surface area contributed by atoms with Crippen molar-refractivity contribution in [1.29, 1.82) is 0 Å². The number of halogens is 2. The van der Waals surface area contributed by atoms with Gasteiger partial charge in [0.2, 0.25) is 0 Å². The van der Waals surface area contributed by atoms with Crippen molar-refractivity contribution in [2.24, 2.45) is 5.10 Å². The Balaban J connectivity index is 1.55. The summed E-state index contributed by atoms with van der Waals surface area (Å²) in [6.07, 6.45) is 1.36. The van der Waals surface area contributed by atoms with Crippen molar-refractivity contribution in [1.82, 2.24) is 9.91 Å². The van der Waals surface area contributed by atoms with Gasteiger partial charge in [0.25, 0.3) is 0 Å².